The lowest BCUT2D eigenvalue weighted by Crippen LogP contribution is -2.10. The molecule has 300 valence electrons. The van der Waals surface area contributed by atoms with Gasteiger partial charge in [-0.05, 0) is 99.6 Å². The third-order valence-corrected chi connectivity index (χ3v) is 13.8. The van der Waals surface area contributed by atoms with Crippen LogP contribution in [0.15, 0.2) is 233 Å². The molecule has 0 fully saturated rings. The number of anilines is 3. The molecule has 0 aliphatic heterocycles. The number of nitrogens with zero attached hydrogens (tertiary/aromatic N) is 1. The monoisotopic (exact) mass is 835 g/mol. The maximum Gasteiger partial charge on any atom is 0.143 e. The van der Waals surface area contributed by atoms with E-state index in [1.54, 1.807) is 0 Å². The van der Waals surface area contributed by atoms with Gasteiger partial charge in [0, 0.05) is 64.7 Å². The summed E-state index contributed by atoms with van der Waals surface area (Å²) in [6, 6.07) is 80.3. The fourth-order valence-corrected chi connectivity index (χ4v) is 10.9. The van der Waals surface area contributed by atoms with Crippen molar-refractivity contribution in [3.8, 4) is 44.5 Å². The highest BCUT2D eigenvalue weighted by Gasteiger charge is 2.24. The minimum Gasteiger partial charge on any atom is -0.456 e. The summed E-state index contributed by atoms with van der Waals surface area (Å²) in [6.07, 6.45) is 0. The highest BCUT2D eigenvalue weighted by molar-refractivity contribution is 7.26. The molecular weight excluding hydrogens is 799 g/mol. The number of hydrogen-bond acceptors (Lipinski definition) is 4. The Hall–Kier alpha value is -8.18. The summed E-state index contributed by atoms with van der Waals surface area (Å²) >= 11 is 1.86. The van der Waals surface area contributed by atoms with Crippen LogP contribution in [-0.2, 0) is 0 Å². The summed E-state index contributed by atoms with van der Waals surface area (Å²) in [5.74, 6) is 0. The third kappa shape index (κ3) is 5.95. The number of rotatable bonds is 7. The normalized spacial score (nSPS) is 11.8. The Morgan fingerprint density at radius 1 is 0.328 bits per heavy atom. The molecule has 64 heavy (non-hydrogen) atoms. The SMILES string of the molecule is c1ccc(-c2ccc3c(c2)sc2c(-c4ccccc4)ccc(N(c4ccc5c(c4)oc4c(-c6ccccc6)cc(-c6ccccc6)cc45)c4ccc5oc6ccccc6c5c4)c23)cc1. The van der Waals surface area contributed by atoms with Crippen LogP contribution in [0.4, 0.5) is 17.1 Å². The van der Waals surface area contributed by atoms with Crippen LogP contribution in [0.2, 0.25) is 0 Å². The minimum atomic E-state index is 0.828. The Morgan fingerprint density at radius 3 is 1.67 bits per heavy atom. The van der Waals surface area contributed by atoms with Gasteiger partial charge < -0.3 is 13.7 Å². The highest BCUT2D eigenvalue weighted by atomic mass is 32.1. The Kier molecular flexibility index (Phi) is 8.40. The van der Waals surface area contributed by atoms with Gasteiger partial charge >= 0.3 is 0 Å². The van der Waals surface area contributed by atoms with Crippen molar-refractivity contribution in [2.75, 3.05) is 4.90 Å². The van der Waals surface area contributed by atoms with Gasteiger partial charge in [0.15, 0.2) is 0 Å². The topological polar surface area (TPSA) is 29.5 Å². The lowest BCUT2D eigenvalue weighted by atomic mass is 9.96. The van der Waals surface area contributed by atoms with E-state index < -0.39 is 0 Å². The van der Waals surface area contributed by atoms with Crippen molar-refractivity contribution in [3.63, 3.8) is 0 Å². The lowest BCUT2D eigenvalue weighted by molar-refractivity contribution is 0.668. The minimum absolute atomic E-state index is 0.828. The average molecular weight is 836 g/mol. The fourth-order valence-electron chi connectivity index (χ4n) is 9.62. The summed E-state index contributed by atoms with van der Waals surface area (Å²) in [6.45, 7) is 0. The quantitative estimate of drug-likeness (QED) is 0.160. The predicted molar refractivity (Wildman–Crippen MR) is 270 cm³/mol. The first kappa shape index (κ1) is 36.5. The van der Waals surface area contributed by atoms with Crippen LogP contribution in [0.3, 0.4) is 0 Å². The molecule has 13 rings (SSSR count). The van der Waals surface area contributed by atoms with E-state index in [0.29, 0.717) is 0 Å². The molecule has 0 radical (unpaired) electrons. The molecule has 0 saturated heterocycles. The number of hydrogen-bond donors (Lipinski definition) is 0. The molecule has 3 heterocycles. The van der Waals surface area contributed by atoms with E-state index in [0.717, 1.165) is 77.6 Å². The molecule has 0 atom stereocenters. The van der Waals surface area contributed by atoms with Crippen LogP contribution in [0, 0.1) is 0 Å². The van der Waals surface area contributed by atoms with E-state index in [1.165, 1.54) is 48.0 Å². The molecule has 0 aliphatic carbocycles. The second-order valence-corrected chi connectivity index (χ2v) is 17.5. The Bertz CT molecular complexity index is 3890. The molecule has 3 nitrogen and oxygen atoms in total. The van der Waals surface area contributed by atoms with E-state index in [-0.39, 0.29) is 0 Å². The van der Waals surface area contributed by atoms with E-state index in [4.69, 9.17) is 8.83 Å². The largest absolute Gasteiger partial charge is 0.456 e. The van der Waals surface area contributed by atoms with Gasteiger partial charge in [-0.25, -0.2) is 0 Å². The molecule has 0 aliphatic rings. The predicted octanol–water partition coefficient (Wildman–Crippen LogP) is 18.0. The molecule has 0 amide bonds. The molecule has 3 aromatic heterocycles. The van der Waals surface area contributed by atoms with Crippen molar-refractivity contribution in [2.45, 2.75) is 0 Å². The first-order chi connectivity index (χ1) is 31.7. The van der Waals surface area contributed by atoms with Gasteiger partial charge in [0.05, 0.1) is 5.69 Å². The average Bonchev–Trinajstić information content (AvgIpc) is 4.06. The van der Waals surface area contributed by atoms with Crippen LogP contribution >= 0.6 is 11.3 Å². The van der Waals surface area contributed by atoms with Crippen LogP contribution in [0.1, 0.15) is 0 Å². The van der Waals surface area contributed by atoms with Gasteiger partial charge in [-0.15, -0.1) is 11.3 Å². The zero-order valence-corrected chi connectivity index (χ0v) is 35.4. The van der Waals surface area contributed by atoms with Crippen LogP contribution in [-0.4, -0.2) is 0 Å². The second kappa shape index (κ2) is 14.7. The molecule has 0 unspecified atom stereocenters. The van der Waals surface area contributed by atoms with E-state index >= 15 is 0 Å². The van der Waals surface area contributed by atoms with Gasteiger partial charge in [-0.2, -0.15) is 0 Å². The first-order valence-electron chi connectivity index (χ1n) is 21.6. The van der Waals surface area contributed by atoms with Crippen molar-refractivity contribution < 1.29 is 8.83 Å². The molecule has 0 N–H and O–H groups in total. The van der Waals surface area contributed by atoms with Crippen molar-refractivity contribution in [3.05, 3.63) is 224 Å². The summed E-state index contributed by atoms with van der Waals surface area (Å²) in [5.41, 5.74) is 15.9. The van der Waals surface area contributed by atoms with Gasteiger partial charge in [-0.3, -0.25) is 0 Å². The molecular formula is C60H37NO2S. The van der Waals surface area contributed by atoms with E-state index in [1.807, 2.05) is 23.5 Å². The number of para-hydroxylation sites is 1. The Balaban J connectivity index is 1.08. The van der Waals surface area contributed by atoms with Gasteiger partial charge in [0.25, 0.3) is 0 Å². The molecule has 13 aromatic rings. The number of fused-ring (bicyclic) bond motifs is 9. The van der Waals surface area contributed by atoms with Crippen LogP contribution < -0.4 is 4.90 Å². The van der Waals surface area contributed by atoms with Crippen molar-refractivity contribution in [2.24, 2.45) is 0 Å². The summed E-state index contributed by atoms with van der Waals surface area (Å²) in [4.78, 5) is 2.41. The molecule has 0 bridgehead atoms. The van der Waals surface area contributed by atoms with Crippen molar-refractivity contribution >= 4 is 92.4 Å². The maximum atomic E-state index is 7.04. The Labute approximate surface area is 373 Å². The number of furan rings is 2. The molecule has 0 spiro atoms. The first-order valence-corrected chi connectivity index (χ1v) is 22.5. The third-order valence-electron chi connectivity index (χ3n) is 12.7. The zero-order chi connectivity index (χ0) is 42.1. The second-order valence-electron chi connectivity index (χ2n) is 16.4. The van der Waals surface area contributed by atoms with Crippen molar-refractivity contribution in [1.82, 2.24) is 0 Å². The summed E-state index contributed by atoms with van der Waals surface area (Å²) in [5, 5.41) is 6.76. The summed E-state index contributed by atoms with van der Waals surface area (Å²) in [7, 11) is 0. The van der Waals surface area contributed by atoms with E-state index in [9.17, 15) is 0 Å². The summed E-state index contributed by atoms with van der Waals surface area (Å²) < 4.78 is 15.9. The standard InChI is InChI=1S/C60H37NO2S/c1-5-15-38(16-6-1)42-25-28-49-57(35-42)64-60-46(40-19-9-3-10-20-40)30-31-53(58(49)60)61(44-27-32-55-51(36-44)47-23-13-14-24-54(47)62-55)45-26-29-48-52-34-43(39-17-7-2-8-18-39)33-50(41-21-11-4-12-22-41)59(52)63-56(48)37-45/h1-37H. The lowest BCUT2D eigenvalue weighted by Gasteiger charge is -2.27. The number of thiophene rings is 1. The fraction of sp³-hybridized carbons (Fsp3) is 0. The smallest absolute Gasteiger partial charge is 0.143 e. The zero-order valence-electron chi connectivity index (χ0n) is 34.5. The highest BCUT2D eigenvalue weighted by Crippen LogP contribution is 2.50. The maximum absolute atomic E-state index is 7.04. The van der Waals surface area contributed by atoms with Crippen LogP contribution in [0.25, 0.3) is 109 Å². The molecule has 10 aromatic carbocycles. The van der Waals surface area contributed by atoms with Crippen LogP contribution in [0.5, 0.6) is 0 Å². The van der Waals surface area contributed by atoms with Gasteiger partial charge in [-0.1, -0.05) is 158 Å². The Morgan fingerprint density at radius 2 is 0.922 bits per heavy atom. The van der Waals surface area contributed by atoms with Gasteiger partial charge in [0.2, 0.25) is 0 Å². The molecule has 0 saturated carbocycles. The number of benzene rings is 10. The van der Waals surface area contributed by atoms with Gasteiger partial charge in [0.1, 0.15) is 22.3 Å². The van der Waals surface area contributed by atoms with Crippen molar-refractivity contribution in [1.29, 1.82) is 0 Å². The molecule has 4 heteroatoms. The van der Waals surface area contributed by atoms with E-state index in [2.05, 4.69) is 217 Å².